The molecule has 0 aliphatic carbocycles. The molecule has 5 heteroatoms. The minimum Gasteiger partial charge on any atom is -0.306 e. The molecule has 2 rings (SSSR count). The molecule has 4 nitrogen and oxygen atoms in total. The maximum Gasteiger partial charge on any atom is 0.243 e. The van der Waals surface area contributed by atoms with Crippen LogP contribution in [0.1, 0.15) is 46.2 Å². The van der Waals surface area contributed by atoms with Crippen LogP contribution in [-0.4, -0.2) is 23.5 Å². The Hall–Kier alpha value is -0.940. The van der Waals surface area contributed by atoms with Crippen LogP contribution in [0.25, 0.3) is 0 Å². The molecule has 2 heterocycles. The van der Waals surface area contributed by atoms with E-state index in [4.69, 9.17) is 0 Å². The topological polar surface area (TPSA) is 54.0 Å². The summed E-state index contributed by atoms with van der Waals surface area (Å²) in [6, 6.07) is -0.0780. The van der Waals surface area contributed by atoms with Crippen LogP contribution in [0.3, 0.4) is 0 Å². The summed E-state index contributed by atoms with van der Waals surface area (Å²) >= 11 is 1.50. The predicted molar refractivity (Wildman–Crippen MR) is 79.6 cm³/mol. The van der Waals surface area contributed by atoms with Gasteiger partial charge < -0.3 is 10.6 Å². The van der Waals surface area contributed by atoms with Gasteiger partial charge in [-0.25, -0.2) is 4.98 Å². The lowest BCUT2D eigenvalue weighted by Crippen LogP contribution is -2.45. The molecule has 0 bridgehead atoms. The Morgan fingerprint density at radius 2 is 2.26 bits per heavy atom. The number of nitrogens with one attached hydrogen (secondary N) is 2. The van der Waals surface area contributed by atoms with Crippen molar-refractivity contribution in [1.82, 2.24) is 10.3 Å². The first kappa shape index (κ1) is 14.5. The van der Waals surface area contributed by atoms with Gasteiger partial charge in [-0.2, -0.15) is 0 Å². The van der Waals surface area contributed by atoms with Gasteiger partial charge in [0.25, 0.3) is 0 Å². The molecule has 1 aromatic rings. The minimum atomic E-state index is -0.0780. The summed E-state index contributed by atoms with van der Waals surface area (Å²) in [6.07, 6.45) is 2.05. The Kier molecular flexibility index (Phi) is 4.26. The van der Waals surface area contributed by atoms with Crippen LogP contribution in [0.2, 0.25) is 0 Å². The number of carbonyl (C=O) groups excluding carboxylic acids is 1. The lowest BCUT2D eigenvalue weighted by Gasteiger charge is -2.26. The molecule has 1 amide bonds. The molecule has 0 aromatic carbocycles. The van der Waals surface area contributed by atoms with Gasteiger partial charge in [-0.1, -0.05) is 27.7 Å². The number of hydrogen-bond acceptors (Lipinski definition) is 4. The summed E-state index contributed by atoms with van der Waals surface area (Å²) in [4.78, 5) is 16.7. The zero-order chi connectivity index (χ0) is 14.0. The van der Waals surface area contributed by atoms with Crippen molar-refractivity contribution >= 4 is 22.4 Å². The van der Waals surface area contributed by atoms with E-state index < -0.39 is 0 Å². The number of hydrogen-bond donors (Lipinski definition) is 2. The monoisotopic (exact) mass is 281 g/mol. The summed E-state index contributed by atoms with van der Waals surface area (Å²) in [5, 5.41) is 8.93. The van der Waals surface area contributed by atoms with Gasteiger partial charge in [-0.05, 0) is 25.3 Å². The number of anilines is 1. The molecule has 2 atom stereocenters. The van der Waals surface area contributed by atoms with E-state index in [0.717, 1.165) is 25.1 Å². The van der Waals surface area contributed by atoms with Gasteiger partial charge >= 0.3 is 0 Å². The fourth-order valence-electron chi connectivity index (χ4n) is 2.18. The molecule has 19 heavy (non-hydrogen) atoms. The minimum absolute atomic E-state index is 0.0249. The zero-order valence-electron chi connectivity index (χ0n) is 12.1. The molecule has 106 valence electrons. The van der Waals surface area contributed by atoms with Crippen molar-refractivity contribution in [2.24, 2.45) is 5.92 Å². The molecule has 1 aliphatic rings. The van der Waals surface area contributed by atoms with E-state index in [2.05, 4.69) is 43.3 Å². The molecular formula is C14H23N3OS. The first-order valence-corrected chi connectivity index (χ1v) is 7.74. The van der Waals surface area contributed by atoms with E-state index in [1.54, 1.807) is 0 Å². The number of carbonyl (C=O) groups is 1. The molecule has 2 unspecified atom stereocenters. The quantitative estimate of drug-likeness (QED) is 0.876. The molecule has 1 fully saturated rings. The third-order valence-corrected chi connectivity index (χ3v) is 4.24. The number of piperidine rings is 1. The first-order valence-electron chi connectivity index (χ1n) is 6.86. The van der Waals surface area contributed by atoms with E-state index in [1.807, 2.05) is 5.38 Å². The number of amides is 1. The van der Waals surface area contributed by atoms with Crippen molar-refractivity contribution in [3.63, 3.8) is 0 Å². The lowest BCUT2D eigenvalue weighted by atomic mass is 9.93. The normalized spacial score (nSPS) is 24.2. The maximum atomic E-state index is 12.2. The van der Waals surface area contributed by atoms with Gasteiger partial charge in [-0.15, -0.1) is 11.3 Å². The van der Waals surface area contributed by atoms with Gasteiger partial charge in [-0.3, -0.25) is 4.79 Å². The highest BCUT2D eigenvalue weighted by Gasteiger charge is 2.25. The number of rotatable bonds is 2. The van der Waals surface area contributed by atoms with Gasteiger partial charge in [0, 0.05) is 10.8 Å². The van der Waals surface area contributed by atoms with Crippen molar-refractivity contribution < 1.29 is 4.79 Å². The second-order valence-electron chi connectivity index (χ2n) is 6.41. The van der Waals surface area contributed by atoms with E-state index in [0.29, 0.717) is 11.0 Å². The van der Waals surface area contributed by atoms with E-state index in [1.165, 1.54) is 11.3 Å². The molecule has 0 saturated carbocycles. The van der Waals surface area contributed by atoms with Crippen molar-refractivity contribution in [2.45, 2.75) is 52.0 Å². The third kappa shape index (κ3) is 3.76. The standard InChI is InChI=1S/C14H23N3OS/c1-9-5-6-15-10(7-9)12(18)17-13-16-11(8-19-13)14(2,3)4/h8-10,15H,5-7H2,1-4H3,(H,16,17,18). The fourth-order valence-corrected chi connectivity index (χ4v) is 3.12. The molecular weight excluding hydrogens is 258 g/mol. The Morgan fingerprint density at radius 3 is 2.84 bits per heavy atom. The van der Waals surface area contributed by atoms with Gasteiger partial charge in [0.2, 0.25) is 5.91 Å². The summed E-state index contributed by atoms with van der Waals surface area (Å²) in [5.41, 5.74) is 1.05. The van der Waals surface area contributed by atoms with Crippen LogP contribution in [0.5, 0.6) is 0 Å². The fraction of sp³-hybridized carbons (Fsp3) is 0.714. The molecule has 0 spiro atoms. The Labute approximate surface area is 119 Å². The van der Waals surface area contributed by atoms with Crippen molar-refractivity contribution in [1.29, 1.82) is 0 Å². The van der Waals surface area contributed by atoms with Crippen molar-refractivity contribution in [2.75, 3.05) is 11.9 Å². The first-order chi connectivity index (χ1) is 8.86. The SMILES string of the molecule is CC1CCNC(C(=O)Nc2nc(C(C)(C)C)cs2)C1. The van der Waals surface area contributed by atoms with Crippen LogP contribution in [0.4, 0.5) is 5.13 Å². The highest BCUT2D eigenvalue weighted by molar-refractivity contribution is 7.13. The molecule has 2 N–H and O–H groups in total. The summed E-state index contributed by atoms with van der Waals surface area (Å²) < 4.78 is 0. The van der Waals surface area contributed by atoms with Crippen LogP contribution >= 0.6 is 11.3 Å². The molecule has 1 aromatic heterocycles. The second kappa shape index (κ2) is 5.59. The number of aromatic nitrogens is 1. The van der Waals surface area contributed by atoms with Crippen LogP contribution in [-0.2, 0) is 10.2 Å². The molecule has 1 saturated heterocycles. The molecule has 1 aliphatic heterocycles. The zero-order valence-corrected chi connectivity index (χ0v) is 12.9. The van der Waals surface area contributed by atoms with E-state index in [9.17, 15) is 4.79 Å². The number of thiazole rings is 1. The summed E-state index contributed by atoms with van der Waals surface area (Å²) in [6.45, 7) is 9.49. The van der Waals surface area contributed by atoms with Crippen molar-refractivity contribution in [3.05, 3.63) is 11.1 Å². The van der Waals surface area contributed by atoms with Crippen molar-refractivity contribution in [3.8, 4) is 0 Å². The summed E-state index contributed by atoms with van der Waals surface area (Å²) in [5.74, 6) is 0.653. The van der Waals surface area contributed by atoms with Gasteiger partial charge in [0.05, 0.1) is 11.7 Å². The number of nitrogens with zero attached hydrogens (tertiary/aromatic N) is 1. The van der Waals surface area contributed by atoms with E-state index >= 15 is 0 Å². The smallest absolute Gasteiger partial charge is 0.243 e. The third-order valence-electron chi connectivity index (χ3n) is 3.49. The maximum absolute atomic E-state index is 12.2. The Bertz CT molecular complexity index is 450. The lowest BCUT2D eigenvalue weighted by molar-refractivity contribution is -0.119. The highest BCUT2D eigenvalue weighted by Crippen LogP contribution is 2.26. The van der Waals surface area contributed by atoms with Gasteiger partial charge in [0.1, 0.15) is 0 Å². The highest BCUT2D eigenvalue weighted by atomic mass is 32.1. The second-order valence-corrected chi connectivity index (χ2v) is 7.27. The van der Waals surface area contributed by atoms with Crippen LogP contribution in [0.15, 0.2) is 5.38 Å². The van der Waals surface area contributed by atoms with Gasteiger partial charge in [0.15, 0.2) is 5.13 Å². The Morgan fingerprint density at radius 1 is 1.53 bits per heavy atom. The van der Waals surface area contributed by atoms with Crippen LogP contribution < -0.4 is 10.6 Å². The average molecular weight is 281 g/mol. The average Bonchev–Trinajstić information content (AvgIpc) is 2.77. The predicted octanol–water partition coefficient (Wildman–Crippen LogP) is 2.77. The largest absolute Gasteiger partial charge is 0.306 e. The molecule has 0 radical (unpaired) electrons. The van der Waals surface area contributed by atoms with Crippen LogP contribution in [0, 0.1) is 5.92 Å². The Balaban J connectivity index is 1.97. The summed E-state index contributed by atoms with van der Waals surface area (Å²) in [7, 11) is 0. The van der Waals surface area contributed by atoms with E-state index in [-0.39, 0.29) is 17.4 Å².